The highest BCUT2D eigenvalue weighted by Crippen LogP contribution is 2.40. The molecule has 1 fully saturated rings. The number of hydrogen-bond donors (Lipinski definition) is 0. The molecule has 0 radical (unpaired) electrons. The maximum atomic E-state index is 6.40. The van der Waals surface area contributed by atoms with Crippen LogP contribution in [0.2, 0.25) is 5.02 Å². The van der Waals surface area contributed by atoms with E-state index in [1.807, 2.05) is 30.3 Å². The van der Waals surface area contributed by atoms with E-state index >= 15 is 0 Å². The Kier molecular flexibility index (Phi) is 4.96. The molecular formula is C19H19Cl2NO. The van der Waals surface area contributed by atoms with Gasteiger partial charge in [-0.1, -0.05) is 35.9 Å². The van der Waals surface area contributed by atoms with Crippen LogP contribution in [0.3, 0.4) is 0 Å². The van der Waals surface area contributed by atoms with E-state index in [2.05, 4.69) is 23.1 Å². The normalized spacial score (nSPS) is 16.5. The molecule has 2 aliphatic heterocycles. The van der Waals surface area contributed by atoms with E-state index in [-0.39, 0.29) is 12.4 Å². The number of rotatable bonds is 2. The predicted octanol–water partition coefficient (Wildman–Crippen LogP) is 5.50. The first-order chi connectivity index (χ1) is 10.8. The summed E-state index contributed by atoms with van der Waals surface area (Å²) in [7, 11) is 0. The third-order valence-corrected chi connectivity index (χ3v) is 4.71. The molecule has 0 atom stereocenters. The first-order valence-corrected chi connectivity index (χ1v) is 8.18. The Balaban J connectivity index is 0.00000156. The van der Waals surface area contributed by atoms with Gasteiger partial charge in [0.1, 0.15) is 11.5 Å². The van der Waals surface area contributed by atoms with Crippen LogP contribution in [0.15, 0.2) is 42.5 Å². The van der Waals surface area contributed by atoms with Gasteiger partial charge in [-0.3, -0.25) is 4.90 Å². The summed E-state index contributed by atoms with van der Waals surface area (Å²) in [5.74, 6) is 1.74. The van der Waals surface area contributed by atoms with Gasteiger partial charge in [0.25, 0.3) is 0 Å². The van der Waals surface area contributed by atoms with E-state index in [4.69, 9.17) is 16.3 Å². The lowest BCUT2D eigenvalue weighted by Gasteiger charge is -2.18. The molecule has 120 valence electrons. The number of para-hydroxylation sites is 1. The van der Waals surface area contributed by atoms with Crippen molar-refractivity contribution in [2.45, 2.75) is 12.8 Å². The van der Waals surface area contributed by atoms with Gasteiger partial charge < -0.3 is 4.74 Å². The number of benzene rings is 2. The van der Waals surface area contributed by atoms with Crippen molar-refractivity contribution in [1.29, 1.82) is 0 Å². The van der Waals surface area contributed by atoms with Gasteiger partial charge in [-0.05, 0) is 55.8 Å². The van der Waals surface area contributed by atoms with Crippen LogP contribution in [0, 0.1) is 0 Å². The number of fused-ring (bicyclic) bond motifs is 2. The van der Waals surface area contributed by atoms with Gasteiger partial charge in [0.15, 0.2) is 0 Å². The van der Waals surface area contributed by atoms with Crippen LogP contribution in [0.25, 0.3) is 11.6 Å². The molecule has 2 aromatic carbocycles. The van der Waals surface area contributed by atoms with Crippen LogP contribution < -0.4 is 4.74 Å². The third-order valence-electron chi connectivity index (χ3n) is 4.38. The Morgan fingerprint density at radius 1 is 0.957 bits per heavy atom. The van der Waals surface area contributed by atoms with Crippen LogP contribution in [-0.2, 0) is 0 Å². The summed E-state index contributed by atoms with van der Waals surface area (Å²) in [5, 5.41) is 0.740. The molecule has 0 amide bonds. The second-order valence-corrected chi connectivity index (χ2v) is 6.31. The summed E-state index contributed by atoms with van der Waals surface area (Å²) >= 11 is 6.40. The van der Waals surface area contributed by atoms with Crippen molar-refractivity contribution in [2.24, 2.45) is 0 Å². The van der Waals surface area contributed by atoms with Crippen molar-refractivity contribution in [1.82, 2.24) is 4.90 Å². The van der Waals surface area contributed by atoms with Crippen LogP contribution in [0.5, 0.6) is 11.5 Å². The molecule has 0 aromatic heterocycles. The molecule has 4 rings (SSSR count). The van der Waals surface area contributed by atoms with Gasteiger partial charge in [-0.25, -0.2) is 0 Å². The molecule has 0 bridgehead atoms. The fourth-order valence-electron chi connectivity index (χ4n) is 3.25. The van der Waals surface area contributed by atoms with Crippen molar-refractivity contribution in [2.75, 3.05) is 19.6 Å². The fourth-order valence-corrected chi connectivity index (χ4v) is 3.47. The van der Waals surface area contributed by atoms with Gasteiger partial charge in [0, 0.05) is 17.7 Å². The van der Waals surface area contributed by atoms with Crippen molar-refractivity contribution in [3.63, 3.8) is 0 Å². The largest absolute Gasteiger partial charge is 0.456 e. The molecular weight excluding hydrogens is 329 g/mol. The van der Waals surface area contributed by atoms with Crippen LogP contribution in [0.4, 0.5) is 0 Å². The zero-order valence-electron chi connectivity index (χ0n) is 12.8. The van der Waals surface area contributed by atoms with Gasteiger partial charge in [0.2, 0.25) is 0 Å². The van der Waals surface area contributed by atoms with Gasteiger partial charge in [-0.15, -0.1) is 12.4 Å². The first kappa shape index (κ1) is 16.4. The fraction of sp³-hybridized carbons (Fsp3) is 0.263. The number of ether oxygens (including phenoxy) is 1. The summed E-state index contributed by atoms with van der Waals surface area (Å²) in [6, 6.07) is 14.1. The average molecular weight is 348 g/mol. The van der Waals surface area contributed by atoms with Crippen molar-refractivity contribution in [3.05, 3.63) is 58.6 Å². The first-order valence-electron chi connectivity index (χ1n) is 7.80. The number of likely N-dealkylation sites (tertiary alicyclic amines) is 1. The molecule has 2 heterocycles. The molecule has 0 N–H and O–H groups in total. The van der Waals surface area contributed by atoms with Crippen molar-refractivity contribution in [3.8, 4) is 11.5 Å². The van der Waals surface area contributed by atoms with E-state index in [9.17, 15) is 0 Å². The molecule has 23 heavy (non-hydrogen) atoms. The second-order valence-electron chi connectivity index (χ2n) is 5.90. The number of hydrogen-bond acceptors (Lipinski definition) is 2. The van der Waals surface area contributed by atoms with Crippen molar-refractivity contribution >= 4 is 35.7 Å². The minimum Gasteiger partial charge on any atom is -0.456 e. The summed E-state index contributed by atoms with van der Waals surface area (Å²) in [4.78, 5) is 2.50. The van der Waals surface area contributed by atoms with Crippen LogP contribution in [-0.4, -0.2) is 24.5 Å². The Morgan fingerprint density at radius 3 is 2.52 bits per heavy atom. The zero-order valence-corrected chi connectivity index (χ0v) is 14.4. The van der Waals surface area contributed by atoms with E-state index in [1.165, 1.54) is 37.1 Å². The Morgan fingerprint density at radius 2 is 1.70 bits per heavy atom. The van der Waals surface area contributed by atoms with Gasteiger partial charge in [0.05, 0.1) is 5.02 Å². The molecule has 0 unspecified atom stereocenters. The third kappa shape index (κ3) is 3.25. The summed E-state index contributed by atoms with van der Waals surface area (Å²) < 4.78 is 6.12. The molecule has 1 saturated heterocycles. The molecule has 0 spiro atoms. The zero-order chi connectivity index (χ0) is 14.9. The van der Waals surface area contributed by atoms with E-state index in [0.717, 1.165) is 28.6 Å². The molecule has 2 aromatic rings. The quantitative estimate of drug-likeness (QED) is 0.710. The van der Waals surface area contributed by atoms with E-state index in [1.54, 1.807) is 0 Å². The highest BCUT2D eigenvalue weighted by Gasteiger charge is 2.21. The molecule has 4 heteroatoms. The topological polar surface area (TPSA) is 12.5 Å². The van der Waals surface area contributed by atoms with E-state index in [0.29, 0.717) is 0 Å². The van der Waals surface area contributed by atoms with Crippen LogP contribution >= 0.6 is 24.0 Å². The Hall–Kier alpha value is -1.48. The maximum Gasteiger partial charge on any atom is 0.136 e. The Bertz CT molecular complexity index is 736. The lowest BCUT2D eigenvalue weighted by molar-refractivity contribution is 0.383. The highest BCUT2D eigenvalue weighted by molar-refractivity contribution is 6.32. The summed E-state index contributed by atoms with van der Waals surface area (Å²) in [5.41, 5.74) is 3.43. The van der Waals surface area contributed by atoms with Gasteiger partial charge >= 0.3 is 0 Å². The standard InChI is InChI=1S/C19H18ClNO.ClH/c20-17-7-5-9-19-16(17)12-14(13-21-10-3-4-11-21)15-6-1-2-8-18(15)22-19;/h1-2,5-9,12H,3-4,10-11,13H2;1H. The Labute approximate surface area is 148 Å². The highest BCUT2D eigenvalue weighted by atomic mass is 35.5. The summed E-state index contributed by atoms with van der Waals surface area (Å²) in [6.07, 6.45) is 4.79. The SMILES string of the molecule is Cl.Clc1cccc2c1C=C(CN1CCCC1)c1ccccc1O2. The average Bonchev–Trinajstić information content (AvgIpc) is 2.97. The monoisotopic (exact) mass is 347 g/mol. The minimum atomic E-state index is 0. The van der Waals surface area contributed by atoms with E-state index < -0.39 is 0 Å². The van der Waals surface area contributed by atoms with Gasteiger partial charge in [-0.2, -0.15) is 0 Å². The lowest BCUT2D eigenvalue weighted by atomic mass is 10.0. The van der Waals surface area contributed by atoms with Crippen LogP contribution in [0.1, 0.15) is 24.0 Å². The molecule has 2 aliphatic rings. The molecule has 0 aliphatic carbocycles. The number of halogens is 2. The predicted molar refractivity (Wildman–Crippen MR) is 98.8 cm³/mol. The second kappa shape index (κ2) is 6.96. The summed E-state index contributed by atoms with van der Waals surface area (Å²) in [6.45, 7) is 3.30. The molecule has 2 nitrogen and oxygen atoms in total. The number of nitrogens with zero attached hydrogens (tertiary/aromatic N) is 1. The molecule has 0 saturated carbocycles. The lowest BCUT2D eigenvalue weighted by Crippen LogP contribution is -2.21. The maximum absolute atomic E-state index is 6.40. The smallest absolute Gasteiger partial charge is 0.136 e. The van der Waals surface area contributed by atoms with Crippen molar-refractivity contribution < 1.29 is 4.74 Å². The minimum absolute atomic E-state index is 0.